The fourth-order valence-electron chi connectivity index (χ4n) is 1.73. The van der Waals surface area contributed by atoms with Gasteiger partial charge in [-0.05, 0) is 6.07 Å². The second-order valence-electron chi connectivity index (χ2n) is 3.68. The van der Waals surface area contributed by atoms with Crippen LogP contribution in [-0.2, 0) is 6.54 Å². The smallest absolute Gasteiger partial charge is 0.354 e. The number of aromatic amines is 1. The monoisotopic (exact) mass is 248 g/mol. The molecule has 1 aromatic heterocycles. The van der Waals surface area contributed by atoms with Gasteiger partial charge < -0.3 is 14.8 Å². The molecule has 0 saturated heterocycles. The predicted molar refractivity (Wildman–Crippen MR) is 64.1 cm³/mol. The molecule has 0 aliphatic rings. The van der Waals surface area contributed by atoms with Crippen molar-refractivity contribution >= 4 is 5.97 Å². The Morgan fingerprint density at radius 2 is 2.17 bits per heavy atom. The lowest BCUT2D eigenvalue weighted by Crippen LogP contribution is -2.21. The van der Waals surface area contributed by atoms with Crippen LogP contribution < -0.4 is 10.4 Å². The van der Waals surface area contributed by atoms with Gasteiger partial charge >= 0.3 is 11.7 Å². The molecule has 0 fully saturated rings. The van der Waals surface area contributed by atoms with Crippen molar-refractivity contribution in [1.82, 2.24) is 9.55 Å². The van der Waals surface area contributed by atoms with E-state index in [0.29, 0.717) is 5.75 Å². The lowest BCUT2D eigenvalue weighted by Gasteiger charge is -2.09. The fraction of sp³-hybridized carbons (Fsp3) is 0.167. The molecule has 0 bridgehead atoms. The molecular formula is C12H12N2O4. The molecule has 0 aliphatic carbocycles. The number of hydrogen-bond acceptors (Lipinski definition) is 3. The van der Waals surface area contributed by atoms with Crippen LogP contribution in [0, 0.1) is 0 Å². The lowest BCUT2D eigenvalue weighted by molar-refractivity contribution is 0.0685. The van der Waals surface area contributed by atoms with Gasteiger partial charge in [-0.2, -0.15) is 0 Å². The van der Waals surface area contributed by atoms with Crippen molar-refractivity contribution in [2.45, 2.75) is 6.54 Å². The third kappa shape index (κ3) is 2.13. The molecule has 94 valence electrons. The van der Waals surface area contributed by atoms with Gasteiger partial charge in [-0.1, -0.05) is 18.2 Å². The number of carboxylic acid groups (broad SMARTS) is 1. The van der Waals surface area contributed by atoms with Crippen LogP contribution >= 0.6 is 0 Å². The number of hydrogen-bond donors (Lipinski definition) is 2. The summed E-state index contributed by atoms with van der Waals surface area (Å²) in [6.45, 7) is 0.147. The van der Waals surface area contributed by atoms with Crippen molar-refractivity contribution in [2.75, 3.05) is 7.11 Å². The molecule has 0 spiro atoms. The predicted octanol–water partition coefficient (Wildman–Crippen LogP) is 0.931. The second kappa shape index (κ2) is 4.79. The Bertz CT molecular complexity index is 627. The number of rotatable bonds is 4. The summed E-state index contributed by atoms with van der Waals surface area (Å²) in [5, 5.41) is 8.97. The minimum atomic E-state index is -1.15. The topological polar surface area (TPSA) is 84.3 Å². The van der Waals surface area contributed by atoms with E-state index in [4.69, 9.17) is 9.84 Å². The summed E-state index contributed by atoms with van der Waals surface area (Å²) in [7, 11) is 1.52. The molecule has 1 aromatic carbocycles. The number of benzene rings is 1. The average Bonchev–Trinajstić information content (AvgIpc) is 2.72. The highest BCUT2D eigenvalue weighted by molar-refractivity contribution is 5.85. The van der Waals surface area contributed by atoms with Crippen LogP contribution in [0.3, 0.4) is 0 Å². The largest absolute Gasteiger partial charge is 0.496 e. The highest BCUT2D eigenvalue weighted by atomic mass is 16.5. The number of ether oxygens (including phenoxy) is 1. The minimum Gasteiger partial charge on any atom is -0.496 e. The van der Waals surface area contributed by atoms with Crippen molar-refractivity contribution in [3.05, 3.63) is 52.2 Å². The molecule has 6 nitrogen and oxygen atoms in total. The average molecular weight is 248 g/mol. The summed E-state index contributed by atoms with van der Waals surface area (Å²) in [5.74, 6) is -0.537. The summed E-state index contributed by atoms with van der Waals surface area (Å²) >= 11 is 0. The van der Waals surface area contributed by atoms with E-state index < -0.39 is 11.7 Å². The standard InChI is InChI=1S/C12H12N2O4/c1-18-10-5-3-2-4-8(10)7-14-9(11(15)16)6-13-12(14)17/h2-6H,7H2,1H3,(H,13,17)(H,15,16). The number of para-hydroxylation sites is 1. The molecule has 1 heterocycles. The Morgan fingerprint density at radius 1 is 1.44 bits per heavy atom. The van der Waals surface area contributed by atoms with E-state index in [2.05, 4.69) is 4.98 Å². The summed E-state index contributed by atoms with van der Waals surface area (Å²) in [6.07, 6.45) is 1.18. The summed E-state index contributed by atoms with van der Waals surface area (Å²) in [6, 6.07) is 7.15. The van der Waals surface area contributed by atoms with Gasteiger partial charge in [0.1, 0.15) is 11.4 Å². The van der Waals surface area contributed by atoms with Crippen molar-refractivity contribution in [3.8, 4) is 5.75 Å². The lowest BCUT2D eigenvalue weighted by atomic mass is 10.2. The molecule has 2 aromatic rings. The SMILES string of the molecule is COc1ccccc1Cn1c(C(=O)O)c[nH]c1=O. The number of carboxylic acids is 1. The molecule has 0 atom stereocenters. The Balaban J connectivity index is 2.43. The Labute approximate surface area is 102 Å². The Morgan fingerprint density at radius 3 is 2.83 bits per heavy atom. The normalized spacial score (nSPS) is 10.3. The zero-order chi connectivity index (χ0) is 13.1. The van der Waals surface area contributed by atoms with Crippen molar-refractivity contribution in [3.63, 3.8) is 0 Å². The summed E-state index contributed by atoms with van der Waals surface area (Å²) in [5.41, 5.74) is 0.202. The Kier molecular flexibility index (Phi) is 3.18. The van der Waals surface area contributed by atoms with Gasteiger partial charge in [0.25, 0.3) is 0 Å². The maximum atomic E-state index is 11.6. The highest BCUT2D eigenvalue weighted by Crippen LogP contribution is 2.18. The van der Waals surface area contributed by atoms with E-state index in [1.165, 1.54) is 13.3 Å². The van der Waals surface area contributed by atoms with Gasteiger partial charge in [0.05, 0.1) is 13.7 Å². The number of carbonyl (C=O) groups is 1. The van der Waals surface area contributed by atoms with Crippen LogP contribution in [0.5, 0.6) is 5.75 Å². The molecule has 2 N–H and O–H groups in total. The molecule has 0 amide bonds. The van der Waals surface area contributed by atoms with Gasteiger partial charge in [0.2, 0.25) is 0 Å². The van der Waals surface area contributed by atoms with Crippen LogP contribution in [0.15, 0.2) is 35.3 Å². The van der Waals surface area contributed by atoms with Crippen LogP contribution in [0.4, 0.5) is 0 Å². The number of imidazole rings is 1. The number of H-pyrrole nitrogens is 1. The molecule has 6 heteroatoms. The van der Waals surface area contributed by atoms with E-state index in [9.17, 15) is 9.59 Å². The van der Waals surface area contributed by atoms with Crippen LogP contribution in [0.25, 0.3) is 0 Å². The minimum absolute atomic E-state index is 0.0779. The summed E-state index contributed by atoms with van der Waals surface area (Å²) < 4.78 is 6.31. The number of aromatic nitrogens is 2. The van der Waals surface area contributed by atoms with Gasteiger partial charge in [-0.25, -0.2) is 9.59 Å². The first-order valence-corrected chi connectivity index (χ1v) is 5.27. The van der Waals surface area contributed by atoms with E-state index >= 15 is 0 Å². The number of methoxy groups -OCH3 is 1. The number of nitrogens with zero attached hydrogens (tertiary/aromatic N) is 1. The van der Waals surface area contributed by atoms with Gasteiger partial charge in [-0.15, -0.1) is 0 Å². The molecule has 18 heavy (non-hydrogen) atoms. The molecule has 0 aliphatic heterocycles. The van der Waals surface area contributed by atoms with Crippen LogP contribution in [-0.4, -0.2) is 27.7 Å². The van der Waals surface area contributed by atoms with Gasteiger partial charge in [0.15, 0.2) is 0 Å². The second-order valence-corrected chi connectivity index (χ2v) is 3.68. The maximum absolute atomic E-state index is 11.6. The van der Waals surface area contributed by atoms with Crippen LogP contribution in [0.1, 0.15) is 16.1 Å². The Hall–Kier alpha value is -2.50. The van der Waals surface area contributed by atoms with Crippen molar-refractivity contribution in [1.29, 1.82) is 0 Å². The number of aromatic carboxylic acids is 1. The molecule has 0 saturated carbocycles. The van der Waals surface area contributed by atoms with Gasteiger partial charge in [-0.3, -0.25) is 4.57 Å². The first kappa shape index (κ1) is 12.0. The molecule has 0 radical (unpaired) electrons. The molecular weight excluding hydrogens is 236 g/mol. The maximum Gasteiger partial charge on any atom is 0.354 e. The molecule has 0 unspecified atom stereocenters. The van der Waals surface area contributed by atoms with Gasteiger partial charge in [0, 0.05) is 11.8 Å². The van der Waals surface area contributed by atoms with E-state index in [-0.39, 0.29) is 12.2 Å². The van der Waals surface area contributed by atoms with Crippen molar-refractivity contribution in [2.24, 2.45) is 0 Å². The molecule has 2 rings (SSSR count). The zero-order valence-electron chi connectivity index (χ0n) is 9.71. The third-order valence-corrected chi connectivity index (χ3v) is 2.61. The first-order chi connectivity index (χ1) is 8.63. The van der Waals surface area contributed by atoms with E-state index in [0.717, 1.165) is 10.1 Å². The third-order valence-electron chi connectivity index (χ3n) is 2.61. The van der Waals surface area contributed by atoms with Crippen LogP contribution in [0.2, 0.25) is 0 Å². The van der Waals surface area contributed by atoms with E-state index in [1.54, 1.807) is 24.3 Å². The first-order valence-electron chi connectivity index (χ1n) is 5.27. The highest BCUT2D eigenvalue weighted by Gasteiger charge is 2.14. The zero-order valence-corrected chi connectivity index (χ0v) is 9.71. The fourth-order valence-corrected chi connectivity index (χ4v) is 1.73. The number of nitrogens with one attached hydrogen (secondary N) is 1. The van der Waals surface area contributed by atoms with E-state index in [1.807, 2.05) is 0 Å². The quantitative estimate of drug-likeness (QED) is 0.843. The van der Waals surface area contributed by atoms with Crippen molar-refractivity contribution < 1.29 is 14.6 Å². The summed E-state index contributed by atoms with van der Waals surface area (Å²) in [4.78, 5) is 24.9.